The summed E-state index contributed by atoms with van der Waals surface area (Å²) < 4.78 is 18.2. The van der Waals surface area contributed by atoms with Crippen molar-refractivity contribution in [3.8, 4) is 5.75 Å². The van der Waals surface area contributed by atoms with Crippen LogP contribution in [0.4, 0.5) is 4.39 Å². The summed E-state index contributed by atoms with van der Waals surface area (Å²) in [5.74, 6) is 0.730. The first-order valence-corrected chi connectivity index (χ1v) is 10.4. The lowest BCUT2D eigenvalue weighted by Gasteiger charge is -2.54. The number of ether oxygens (including phenoxy) is 1. The molecule has 0 saturated heterocycles. The first-order valence-electron chi connectivity index (χ1n) is 10.4. The zero-order chi connectivity index (χ0) is 20.7. The number of hydrogen-bond acceptors (Lipinski definition) is 5. The van der Waals surface area contributed by atoms with Crippen LogP contribution in [0.2, 0.25) is 0 Å². The molecule has 0 aromatic heterocycles. The van der Waals surface area contributed by atoms with Crippen LogP contribution in [0.15, 0.2) is 52.9 Å². The molecule has 1 aromatic carbocycles. The highest BCUT2D eigenvalue weighted by Crippen LogP contribution is 2.59. The maximum atomic E-state index is 12.6. The molecule has 6 heteroatoms. The molecule has 5 nitrogen and oxygen atoms in total. The Balaban J connectivity index is 1.63. The fourth-order valence-electron chi connectivity index (χ4n) is 4.71. The van der Waals surface area contributed by atoms with Crippen LogP contribution in [0.25, 0.3) is 0 Å². The average Bonchev–Trinajstić information content (AvgIpc) is 2.79. The van der Waals surface area contributed by atoms with Gasteiger partial charge in [-0.3, -0.25) is 4.99 Å². The Bertz CT molecular complexity index is 746. The van der Waals surface area contributed by atoms with Gasteiger partial charge in [0.15, 0.2) is 0 Å². The highest BCUT2D eigenvalue weighted by atomic mass is 19.1. The van der Waals surface area contributed by atoms with E-state index in [0.29, 0.717) is 18.4 Å². The van der Waals surface area contributed by atoms with Crippen LogP contribution in [0.1, 0.15) is 44.1 Å². The Morgan fingerprint density at radius 3 is 2.34 bits per heavy atom. The first-order chi connectivity index (χ1) is 14.1. The number of aliphatic hydroxyl groups is 1. The largest absolute Gasteiger partial charge is 0.489 e. The molecule has 2 bridgehead atoms. The molecule has 0 amide bonds. The van der Waals surface area contributed by atoms with E-state index in [-0.39, 0.29) is 30.6 Å². The zero-order valence-corrected chi connectivity index (χ0v) is 16.9. The summed E-state index contributed by atoms with van der Waals surface area (Å²) in [4.78, 5) is 4.13. The van der Waals surface area contributed by atoms with Gasteiger partial charge in [-0.05, 0) is 67.7 Å². The zero-order valence-electron chi connectivity index (χ0n) is 16.9. The van der Waals surface area contributed by atoms with Crippen molar-refractivity contribution in [1.29, 1.82) is 0 Å². The molecule has 3 fully saturated rings. The molecule has 1 aromatic rings. The molecule has 0 radical (unpaired) electrons. The summed E-state index contributed by atoms with van der Waals surface area (Å²) in [5.41, 5.74) is 14.9. The number of nitrogens with zero attached hydrogens (tertiary/aromatic N) is 1. The molecule has 0 aliphatic heterocycles. The molecular weight excluding hydrogens is 369 g/mol. The average molecular weight is 402 g/mol. The van der Waals surface area contributed by atoms with Crippen molar-refractivity contribution in [3.05, 3.63) is 53.5 Å². The maximum absolute atomic E-state index is 12.6. The van der Waals surface area contributed by atoms with Gasteiger partial charge in [0.05, 0.1) is 19.5 Å². The third kappa shape index (κ3) is 4.70. The number of aliphatic imine (C=N–C) groups is 1. The third-order valence-electron chi connectivity index (χ3n) is 6.75. The quantitative estimate of drug-likeness (QED) is 0.553. The molecule has 0 spiro atoms. The van der Waals surface area contributed by atoms with Gasteiger partial charge in [0.25, 0.3) is 0 Å². The fraction of sp³-hybridized carbons (Fsp3) is 0.522. The van der Waals surface area contributed by atoms with Crippen LogP contribution in [-0.4, -0.2) is 37.6 Å². The van der Waals surface area contributed by atoms with E-state index in [1.807, 2.05) is 18.2 Å². The van der Waals surface area contributed by atoms with Gasteiger partial charge >= 0.3 is 0 Å². The molecule has 0 atom stereocenters. The normalized spacial score (nSPS) is 27.6. The summed E-state index contributed by atoms with van der Waals surface area (Å²) in [6, 6.07) is 8.24. The van der Waals surface area contributed by atoms with Crippen molar-refractivity contribution in [2.24, 2.45) is 21.9 Å². The SMILES string of the molecule is NC/C(=C\F)COc1ccc(C23CCC(C(N)=CC=NCCO)(CC2)CC3)cc1. The predicted octanol–water partition coefficient (Wildman–Crippen LogP) is 3.38. The van der Waals surface area contributed by atoms with Crippen LogP contribution >= 0.6 is 0 Å². The first kappa shape index (κ1) is 21.5. The summed E-state index contributed by atoms with van der Waals surface area (Å²) in [7, 11) is 0. The van der Waals surface area contributed by atoms with Gasteiger partial charge in [0.2, 0.25) is 0 Å². The number of allylic oxidation sites excluding steroid dienone is 2. The van der Waals surface area contributed by atoms with Crippen molar-refractivity contribution in [1.82, 2.24) is 0 Å². The highest BCUT2D eigenvalue weighted by Gasteiger charge is 2.50. The van der Waals surface area contributed by atoms with Crippen LogP contribution in [0.5, 0.6) is 5.75 Å². The lowest BCUT2D eigenvalue weighted by Crippen LogP contribution is -2.46. The molecule has 3 aliphatic carbocycles. The van der Waals surface area contributed by atoms with E-state index in [9.17, 15) is 4.39 Å². The molecule has 3 aliphatic rings. The van der Waals surface area contributed by atoms with E-state index in [0.717, 1.165) is 50.0 Å². The predicted molar refractivity (Wildman–Crippen MR) is 115 cm³/mol. The Morgan fingerprint density at radius 2 is 1.79 bits per heavy atom. The summed E-state index contributed by atoms with van der Waals surface area (Å²) in [6.07, 6.45) is 10.8. The minimum atomic E-state index is 0.0580. The number of hydrogen-bond donors (Lipinski definition) is 3. The summed E-state index contributed by atoms with van der Waals surface area (Å²) >= 11 is 0. The van der Waals surface area contributed by atoms with Gasteiger partial charge in [0, 0.05) is 29.4 Å². The van der Waals surface area contributed by atoms with Crippen molar-refractivity contribution < 1.29 is 14.2 Å². The minimum absolute atomic E-state index is 0.0580. The van der Waals surface area contributed by atoms with E-state index in [2.05, 4.69) is 17.1 Å². The second kappa shape index (κ2) is 9.55. The smallest absolute Gasteiger partial charge is 0.119 e. The molecule has 3 saturated carbocycles. The van der Waals surface area contributed by atoms with E-state index >= 15 is 0 Å². The van der Waals surface area contributed by atoms with Crippen molar-refractivity contribution in [2.45, 2.75) is 43.9 Å². The molecule has 5 N–H and O–H groups in total. The van der Waals surface area contributed by atoms with Crippen molar-refractivity contribution in [2.75, 3.05) is 26.3 Å². The summed E-state index contributed by atoms with van der Waals surface area (Å²) in [6.45, 7) is 0.803. The van der Waals surface area contributed by atoms with Gasteiger partial charge in [-0.25, -0.2) is 4.39 Å². The standard InChI is InChI=1S/C23H32FN3O2/c24-15-18(16-25)17-29-20-3-1-19(2-4-20)22-6-9-23(10-7-22,11-8-22)21(26)5-12-27-13-14-28/h1-5,12,15,28H,6-11,13-14,16-17,25-26H2/b18-15+,21-5?,27-12?. The molecule has 0 unspecified atom stereocenters. The second-order valence-electron chi connectivity index (χ2n) is 8.25. The molecule has 158 valence electrons. The maximum Gasteiger partial charge on any atom is 0.119 e. The van der Waals surface area contributed by atoms with Gasteiger partial charge in [-0.15, -0.1) is 0 Å². The molecule has 29 heavy (non-hydrogen) atoms. The topological polar surface area (TPSA) is 93.9 Å². The Morgan fingerprint density at radius 1 is 1.14 bits per heavy atom. The second-order valence-corrected chi connectivity index (χ2v) is 8.25. The Hall–Kier alpha value is -2.18. The van der Waals surface area contributed by atoms with E-state index in [1.54, 1.807) is 6.21 Å². The van der Waals surface area contributed by atoms with Gasteiger partial charge in [-0.1, -0.05) is 12.1 Å². The number of benzene rings is 1. The van der Waals surface area contributed by atoms with Gasteiger partial charge < -0.3 is 21.3 Å². The van der Waals surface area contributed by atoms with E-state index in [1.165, 1.54) is 5.56 Å². The van der Waals surface area contributed by atoms with Gasteiger partial charge in [0.1, 0.15) is 12.4 Å². The lowest BCUT2D eigenvalue weighted by atomic mass is 9.51. The van der Waals surface area contributed by atoms with E-state index < -0.39 is 0 Å². The lowest BCUT2D eigenvalue weighted by molar-refractivity contribution is 0.0685. The van der Waals surface area contributed by atoms with Crippen LogP contribution in [0.3, 0.4) is 0 Å². The number of nitrogens with two attached hydrogens (primary N) is 2. The van der Waals surface area contributed by atoms with Crippen LogP contribution in [-0.2, 0) is 5.41 Å². The van der Waals surface area contributed by atoms with Crippen LogP contribution < -0.4 is 16.2 Å². The molecule has 4 rings (SSSR count). The van der Waals surface area contributed by atoms with Crippen LogP contribution in [0, 0.1) is 5.41 Å². The van der Waals surface area contributed by atoms with E-state index in [4.69, 9.17) is 21.3 Å². The molecular formula is C23H32FN3O2. The van der Waals surface area contributed by atoms with Gasteiger partial charge in [-0.2, -0.15) is 0 Å². The van der Waals surface area contributed by atoms with Crippen molar-refractivity contribution >= 4 is 6.21 Å². The number of fused-ring (bicyclic) bond motifs is 3. The third-order valence-corrected chi connectivity index (χ3v) is 6.75. The highest BCUT2D eigenvalue weighted by molar-refractivity contribution is 5.72. The summed E-state index contributed by atoms with van der Waals surface area (Å²) in [5, 5.41) is 8.82. The molecule has 0 heterocycles. The number of aliphatic hydroxyl groups excluding tert-OH is 1. The number of rotatable bonds is 9. The number of halogens is 1. The Kier molecular flexibility index (Phi) is 7.09. The Labute approximate surface area is 172 Å². The monoisotopic (exact) mass is 401 g/mol. The minimum Gasteiger partial charge on any atom is -0.489 e. The fourth-order valence-corrected chi connectivity index (χ4v) is 4.71. The van der Waals surface area contributed by atoms with Crippen molar-refractivity contribution in [3.63, 3.8) is 0 Å².